The van der Waals surface area contributed by atoms with Crippen LogP contribution < -0.4 is 5.73 Å². The lowest BCUT2D eigenvalue weighted by atomic mass is 9.92. The molecule has 0 aliphatic heterocycles. The van der Waals surface area contributed by atoms with E-state index in [1.807, 2.05) is 12.1 Å². The van der Waals surface area contributed by atoms with E-state index in [1.165, 1.54) is 16.2 Å². The van der Waals surface area contributed by atoms with Crippen molar-refractivity contribution in [3.8, 4) is 6.07 Å². The molecule has 1 heterocycles. The molecule has 0 aliphatic carbocycles. The predicted molar refractivity (Wildman–Crippen MR) is 51.1 cm³/mol. The second-order valence-corrected chi connectivity index (χ2v) is 4.45. The molecule has 0 amide bonds. The van der Waals surface area contributed by atoms with Crippen LogP contribution in [0.3, 0.4) is 0 Å². The molecule has 0 radical (unpaired) electrons. The van der Waals surface area contributed by atoms with E-state index >= 15 is 0 Å². The van der Waals surface area contributed by atoms with Gasteiger partial charge in [-0.1, -0.05) is 13.8 Å². The van der Waals surface area contributed by atoms with Gasteiger partial charge in [0.1, 0.15) is 10.9 Å². The molecule has 1 aromatic heterocycles. The maximum atomic E-state index is 8.62. The lowest BCUT2D eigenvalue weighted by Gasteiger charge is -2.19. The fraction of sp³-hybridized carbons (Fsp3) is 0.444. The second kappa shape index (κ2) is 3.26. The molecule has 1 rings (SSSR count). The van der Waals surface area contributed by atoms with Crippen molar-refractivity contribution < 1.29 is 0 Å². The minimum Gasteiger partial charge on any atom is -0.330 e. The van der Waals surface area contributed by atoms with Gasteiger partial charge < -0.3 is 5.73 Å². The van der Waals surface area contributed by atoms with Crippen LogP contribution in [0.5, 0.6) is 0 Å². The van der Waals surface area contributed by atoms with Gasteiger partial charge in [-0.15, -0.1) is 11.3 Å². The van der Waals surface area contributed by atoms with Crippen LogP contribution in [0.2, 0.25) is 0 Å². The summed E-state index contributed by atoms with van der Waals surface area (Å²) in [7, 11) is 0. The molecule has 0 unspecified atom stereocenters. The summed E-state index contributed by atoms with van der Waals surface area (Å²) in [5.74, 6) is 0. The van der Waals surface area contributed by atoms with E-state index in [2.05, 4.69) is 19.9 Å². The Labute approximate surface area is 76.6 Å². The summed E-state index contributed by atoms with van der Waals surface area (Å²) in [5, 5.41) is 8.62. The summed E-state index contributed by atoms with van der Waals surface area (Å²) in [4.78, 5) is 1.94. The zero-order chi connectivity index (χ0) is 9.19. The third-order valence-corrected chi connectivity index (χ3v) is 3.25. The number of hydrogen-bond acceptors (Lipinski definition) is 3. The van der Waals surface area contributed by atoms with Crippen LogP contribution in [-0.4, -0.2) is 6.54 Å². The third-order valence-electron chi connectivity index (χ3n) is 1.89. The fourth-order valence-electron chi connectivity index (χ4n) is 0.862. The van der Waals surface area contributed by atoms with Crippen LogP contribution in [0, 0.1) is 11.3 Å². The lowest BCUT2D eigenvalue weighted by Crippen LogP contribution is -2.26. The summed E-state index contributed by atoms with van der Waals surface area (Å²) in [6.07, 6.45) is 0. The molecule has 0 saturated carbocycles. The van der Waals surface area contributed by atoms with Gasteiger partial charge >= 0.3 is 0 Å². The van der Waals surface area contributed by atoms with E-state index in [0.717, 1.165) is 4.88 Å². The Morgan fingerprint density at radius 3 is 2.67 bits per heavy atom. The number of rotatable bonds is 2. The Kier molecular flexibility index (Phi) is 2.51. The fourth-order valence-corrected chi connectivity index (χ4v) is 1.78. The van der Waals surface area contributed by atoms with Crippen molar-refractivity contribution in [1.29, 1.82) is 5.26 Å². The summed E-state index contributed by atoms with van der Waals surface area (Å²) in [6.45, 7) is 4.78. The monoisotopic (exact) mass is 180 g/mol. The van der Waals surface area contributed by atoms with Gasteiger partial charge in [0.15, 0.2) is 0 Å². The maximum absolute atomic E-state index is 8.62. The van der Waals surface area contributed by atoms with Gasteiger partial charge in [0.05, 0.1) is 0 Å². The van der Waals surface area contributed by atoms with Gasteiger partial charge in [-0.25, -0.2) is 0 Å². The first-order chi connectivity index (χ1) is 5.60. The number of hydrogen-bond donors (Lipinski definition) is 1. The first-order valence-electron chi connectivity index (χ1n) is 3.80. The Morgan fingerprint density at radius 1 is 1.58 bits per heavy atom. The van der Waals surface area contributed by atoms with E-state index in [9.17, 15) is 0 Å². The molecule has 0 saturated heterocycles. The van der Waals surface area contributed by atoms with Gasteiger partial charge in [0.2, 0.25) is 0 Å². The molecule has 0 atom stereocenters. The third kappa shape index (κ3) is 1.66. The second-order valence-electron chi connectivity index (χ2n) is 3.36. The van der Waals surface area contributed by atoms with E-state index in [-0.39, 0.29) is 5.41 Å². The molecule has 1 aromatic rings. The Morgan fingerprint density at radius 2 is 2.25 bits per heavy atom. The van der Waals surface area contributed by atoms with Crippen LogP contribution in [-0.2, 0) is 5.41 Å². The minimum absolute atomic E-state index is 0.000231. The average Bonchev–Trinajstić information content (AvgIpc) is 2.52. The van der Waals surface area contributed by atoms with Crippen molar-refractivity contribution in [2.24, 2.45) is 5.73 Å². The zero-order valence-electron chi connectivity index (χ0n) is 7.29. The van der Waals surface area contributed by atoms with Crippen molar-refractivity contribution in [3.05, 3.63) is 21.9 Å². The van der Waals surface area contributed by atoms with Crippen LogP contribution in [0.25, 0.3) is 0 Å². The smallest absolute Gasteiger partial charge is 0.110 e. The SMILES string of the molecule is CC(C)(CN)c1ccc(C#N)s1. The van der Waals surface area contributed by atoms with Crippen molar-refractivity contribution in [1.82, 2.24) is 0 Å². The quantitative estimate of drug-likeness (QED) is 0.755. The molecule has 0 fully saturated rings. The Hall–Kier alpha value is -0.850. The summed E-state index contributed by atoms with van der Waals surface area (Å²) >= 11 is 1.52. The number of nitrogens with zero attached hydrogens (tertiary/aromatic N) is 1. The largest absolute Gasteiger partial charge is 0.330 e. The normalized spacial score (nSPS) is 11.2. The highest BCUT2D eigenvalue weighted by Crippen LogP contribution is 2.28. The van der Waals surface area contributed by atoms with Crippen molar-refractivity contribution in [2.75, 3.05) is 6.54 Å². The van der Waals surface area contributed by atoms with Crippen molar-refractivity contribution in [3.63, 3.8) is 0 Å². The molecule has 64 valence electrons. The van der Waals surface area contributed by atoms with E-state index in [4.69, 9.17) is 11.0 Å². The summed E-state index contributed by atoms with van der Waals surface area (Å²) < 4.78 is 0. The average molecular weight is 180 g/mol. The first kappa shape index (κ1) is 9.24. The molecule has 2 nitrogen and oxygen atoms in total. The molecular weight excluding hydrogens is 168 g/mol. The molecule has 3 heteroatoms. The molecular formula is C9H12N2S. The molecule has 0 bridgehead atoms. The van der Waals surface area contributed by atoms with Crippen LogP contribution in [0.15, 0.2) is 12.1 Å². The lowest BCUT2D eigenvalue weighted by molar-refractivity contribution is 0.550. The molecule has 0 aliphatic rings. The van der Waals surface area contributed by atoms with Gasteiger partial charge in [-0.3, -0.25) is 0 Å². The topological polar surface area (TPSA) is 49.8 Å². The van der Waals surface area contributed by atoms with Gasteiger partial charge in [0, 0.05) is 16.8 Å². The van der Waals surface area contributed by atoms with Crippen molar-refractivity contribution in [2.45, 2.75) is 19.3 Å². The number of nitriles is 1. The molecule has 0 aromatic carbocycles. The van der Waals surface area contributed by atoms with Crippen LogP contribution >= 0.6 is 11.3 Å². The summed E-state index contributed by atoms with van der Waals surface area (Å²) in [6, 6.07) is 5.95. The highest BCUT2D eigenvalue weighted by molar-refractivity contribution is 7.12. The van der Waals surface area contributed by atoms with E-state index in [0.29, 0.717) is 6.54 Å². The van der Waals surface area contributed by atoms with Gasteiger partial charge in [-0.2, -0.15) is 5.26 Å². The molecule has 12 heavy (non-hydrogen) atoms. The summed E-state index contributed by atoms with van der Waals surface area (Å²) in [5.41, 5.74) is 5.61. The van der Waals surface area contributed by atoms with Gasteiger partial charge in [0.25, 0.3) is 0 Å². The standard InChI is InChI=1S/C9H12N2S/c1-9(2,6-11)8-4-3-7(5-10)12-8/h3-4H,6,11H2,1-2H3. The molecule has 0 spiro atoms. The highest BCUT2D eigenvalue weighted by atomic mass is 32.1. The van der Waals surface area contributed by atoms with Crippen LogP contribution in [0.1, 0.15) is 23.6 Å². The van der Waals surface area contributed by atoms with E-state index in [1.54, 1.807) is 0 Å². The minimum atomic E-state index is -0.000231. The zero-order valence-corrected chi connectivity index (χ0v) is 8.11. The highest BCUT2D eigenvalue weighted by Gasteiger charge is 2.20. The number of thiophene rings is 1. The predicted octanol–water partition coefficient (Wildman–Crippen LogP) is 1.86. The Balaban J connectivity index is 2.98. The Bertz CT molecular complexity index is 307. The first-order valence-corrected chi connectivity index (χ1v) is 4.62. The number of nitrogens with two attached hydrogens (primary N) is 1. The van der Waals surface area contributed by atoms with Gasteiger partial charge in [-0.05, 0) is 12.1 Å². The van der Waals surface area contributed by atoms with E-state index < -0.39 is 0 Å². The van der Waals surface area contributed by atoms with Crippen LogP contribution in [0.4, 0.5) is 0 Å². The maximum Gasteiger partial charge on any atom is 0.110 e. The van der Waals surface area contributed by atoms with Crippen molar-refractivity contribution >= 4 is 11.3 Å². The molecule has 2 N–H and O–H groups in total.